The number of aromatic hydroxyl groups is 2. The van der Waals surface area contributed by atoms with Gasteiger partial charge in [0, 0.05) is 32.9 Å². The molecule has 0 radical (unpaired) electrons. The Labute approximate surface area is 266 Å². The van der Waals surface area contributed by atoms with E-state index in [4.69, 9.17) is 0 Å². The molecule has 0 aliphatic heterocycles. The van der Waals surface area contributed by atoms with Crippen molar-refractivity contribution in [2.45, 2.75) is 52.4 Å². The molecule has 0 saturated heterocycles. The first kappa shape index (κ1) is 29.4. The Hall–Kier alpha value is -5.36. The van der Waals surface area contributed by atoms with Gasteiger partial charge in [-0.25, -0.2) is 0 Å². The Balaban J connectivity index is 1.69. The Morgan fingerprint density at radius 1 is 0.500 bits per heavy atom. The third-order valence-corrected chi connectivity index (χ3v) is 9.68. The van der Waals surface area contributed by atoms with Crippen LogP contribution in [0.15, 0.2) is 107 Å². The molecule has 0 bridgehead atoms. The van der Waals surface area contributed by atoms with Crippen LogP contribution in [0, 0.1) is 0 Å². The molecule has 5 aromatic carbocycles. The maximum atomic E-state index is 14.5. The normalized spacial score (nSPS) is 13.1. The number of phenols is 2. The number of fused-ring (bicyclic) bond motifs is 4. The van der Waals surface area contributed by atoms with E-state index in [1.165, 1.54) is 0 Å². The molecule has 6 nitrogen and oxygen atoms in total. The molecule has 0 amide bonds. The van der Waals surface area contributed by atoms with Gasteiger partial charge in [0.05, 0.1) is 22.1 Å². The molecule has 6 heteroatoms. The molecule has 0 fully saturated rings. The van der Waals surface area contributed by atoms with Gasteiger partial charge in [-0.2, -0.15) is 0 Å². The van der Waals surface area contributed by atoms with E-state index in [1.54, 1.807) is 24.3 Å². The number of nitrogens with zero attached hydrogens (tertiary/aromatic N) is 2. The van der Waals surface area contributed by atoms with Crippen LogP contribution >= 0.6 is 0 Å². The van der Waals surface area contributed by atoms with Gasteiger partial charge in [0.25, 0.3) is 0 Å². The highest BCUT2D eigenvalue weighted by Gasteiger charge is 2.20. The summed E-state index contributed by atoms with van der Waals surface area (Å²) >= 11 is 0. The molecule has 7 rings (SSSR count). The molecule has 0 spiro atoms. The average Bonchev–Trinajstić information content (AvgIpc) is 3.08. The van der Waals surface area contributed by atoms with Gasteiger partial charge in [-0.1, -0.05) is 39.8 Å². The summed E-state index contributed by atoms with van der Waals surface area (Å²) in [5.41, 5.74) is 6.18. The van der Waals surface area contributed by atoms with Gasteiger partial charge in [-0.05, 0) is 121 Å². The molecule has 0 aliphatic rings. The van der Waals surface area contributed by atoms with Crippen LogP contribution in [0.4, 0.5) is 0 Å². The predicted octanol–water partition coefficient (Wildman–Crippen LogP) is 9.04. The number of rotatable bonds is 6. The third kappa shape index (κ3) is 4.64. The SMILES string of the molecule is CCC(C)c1ccc2c(c1)c(=O)c1cc3c(cc1n2-c1ccc(O)cc1)c(=O)c1cc(C(C)CC)ccc1n3-c1ccc(O)cc1. The third-order valence-electron chi connectivity index (χ3n) is 9.68. The maximum absolute atomic E-state index is 14.5. The van der Waals surface area contributed by atoms with E-state index >= 15 is 0 Å². The zero-order chi connectivity index (χ0) is 32.3. The fraction of sp³-hybridized carbons (Fsp3) is 0.200. The predicted molar refractivity (Wildman–Crippen MR) is 188 cm³/mol. The highest BCUT2D eigenvalue weighted by molar-refractivity contribution is 6.05. The van der Waals surface area contributed by atoms with Gasteiger partial charge in [-0.3, -0.25) is 9.59 Å². The first-order chi connectivity index (χ1) is 22.2. The van der Waals surface area contributed by atoms with Gasteiger partial charge in [0.2, 0.25) is 0 Å². The van der Waals surface area contributed by atoms with E-state index in [1.807, 2.05) is 69.8 Å². The standard InChI is InChI=1S/C40H36N2O4/c1-5-23(3)25-7-17-35-31(19-25)39(45)33-21-38-34(22-37(33)41(35)27-9-13-29(43)14-10-27)40(46)32-20-26(24(4)6-2)8-18-36(32)42(38)28-11-15-30(44)16-12-28/h7-24,43-44H,5-6H2,1-4H3. The quantitative estimate of drug-likeness (QED) is 0.185. The van der Waals surface area contributed by atoms with Crippen LogP contribution in [0.2, 0.25) is 0 Å². The van der Waals surface area contributed by atoms with Crippen molar-refractivity contribution in [2.24, 2.45) is 0 Å². The van der Waals surface area contributed by atoms with Crippen molar-refractivity contribution in [3.8, 4) is 22.9 Å². The Morgan fingerprint density at radius 2 is 0.848 bits per heavy atom. The Morgan fingerprint density at radius 3 is 1.20 bits per heavy atom. The zero-order valence-electron chi connectivity index (χ0n) is 26.4. The summed E-state index contributed by atoms with van der Waals surface area (Å²) in [7, 11) is 0. The molecule has 46 heavy (non-hydrogen) atoms. The highest BCUT2D eigenvalue weighted by atomic mass is 16.3. The fourth-order valence-corrected chi connectivity index (χ4v) is 6.57. The van der Waals surface area contributed by atoms with Crippen molar-refractivity contribution < 1.29 is 10.2 Å². The van der Waals surface area contributed by atoms with E-state index < -0.39 is 0 Å². The molecule has 230 valence electrons. The minimum Gasteiger partial charge on any atom is -0.508 e. The van der Waals surface area contributed by atoms with E-state index in [0.717, 1.165) is 46.4 Å². The average molecular weight is 609 g/mol. The van der Waals surface area contributed by atoms with Crippen LogP contribution in [0.5, 0.6) is 11.5 Å². The molecule has 2 unspecified atom stereocenters. The van der Waals surface area contributed by atoms with Crippen LogP contribution in [-0.4, -0.2) is 19.3 Å². The number of hydrogen-bond acceptors (Lipinski definition) is 4. The molecule has 0 aliphatic carbocycles. The summed E-state index contributed by atoms with van der Waals surface area (Å²) in [4.78, 5) is 28.9. The summed E-state index contributed by atoms with van der Waals surface area (Å²) in [6.07, 6.45) is 1.89. The van der Waals surface area contributed by atoms with E-state index in [-0.39, 0.29) is 34.2 Å². The van der Waals surface area contributed by atoms with Gasteiger partial charge >= 0.3 is 0 Å². The Bertz CT molecular complexity index is 2250. The number of hydrogen-bond donors (Lipinski definition) is 2. The van der Waals surface area contributed by atoms with E-state index in [9.17, 15) is 19.8 Å². The van der Waals surface area contributed by atoms with Crippen LogP contribution < -0.4 is 10.9 Å². The van der Waals surface area contributed by atoms with Crippen LogP contribution in [0.1, 0.15) is 63.5 Å². The highest BCUT2D eigenvalue weighted by Crippen LogP contribution is 2.33. The van der Waals surface area contributed by atoms with Gasteiger partial charge < -0.3 is 19.3 Å². The second-order valence-corrected chi connectivity index (χ2v) is 12.4. The first-order valence-corrected chi connectivity index (χ1v) is 15.9. The minimum atomic E-state index is -0.107. The molecule has 2 aromatic heterocycles. The molecule has 2 heterocycles. The number of pyridine rings is 2. The van der Waals surface area contributed by atoms with Crippen LogP contribution in [0.3, 0.4) is 0 Å². The molecular weight excluding hydrogens is 572 g/mol. The van der Waals surface area contributed by atoms with E-state index in [0.29, 0.717) is 32.6 Å². The van der Waals surface area contributed by atoms with Crippen molar-refractivity contribution >= 4 is 43.6 Å². The smallest absolute Gasteiger partial charge is 0.197 e. The summed E-state index contributed by atoms with van der Waals surface area (Å²) in [6.45, 7) is 8.58. The second kappa shape index (κ2) is 11.2. The van der Waals surface area contributed by atoms with Gasteiger partial charge in [0.1, 0.15) is 11.5 Å². The lowest BCUT2D eigenvalue weighted by atomic mass is 9.95. The summed E-state index contributed by atoms with van der Waals surface area (Å²) in [5.74, 6) is 0.848. The van der Waals surface area contributed by atoms with Crippen molar-refractivity contribution in [1.29, 1.82) is 0 Å². The lowest BCUT2D eigenvalue weighted by molar-refractivity contribution is 0.474. The lowest BCUT2D eigenvalue weighted by Gasteiger charge is -2.20. The number of benzene rings is 5. The molecular formula is C40H36N2O4. The number of aromatic nitrogens is 2. The lowest BCUT2D eigenvalue weighted by Crippen LogP contribution is -2.15. The van der Waals surface area contributed by atoms with Crippen LogP contribution in [0.25, 0.3) is 55.0 Å². The molecule has 2 atom stereocenters. The summed E-state index contributed by atoms with van der Waals surface area (Å²) in [6, 6.07) is 29.6. The number of phenolic OH excluding ortho intramolecular Hbond substituents is 2. The van der Waals surface area contributed by atoms with Crippen molar-refractivity contribution in [3.05, 3.63) is 129 Å². The van der Waals surface area contributed by atoms with Crippen LogP contribution in [-0.2, 0) is 0 Å². The zero-order valence-corrected chi connectivity index (χ0v) is 26.4. The largest absolute Gasteiger partial charge is 0.508 e. The monoisotopic (exact) mass is 608 g/mol. The Kier molecular flexibility index (Phi) is 7.16. The fourth-order valence-electron chi connectivity index (χ4n) is 6.57. The van der Waals surface area contributed by atoms with Gasteiger partial charge in [-0.15, -0.1) is 0 Å². The molecule has 7 aromatic rings. The second-order valence-electron chi connectivity index (χ2n) is 12.4. The van der Waals surface area contributed by atoms with Crippen molar-refractivity contribution in [2.75, 3.05) is 0 Å². The first-order valence-electron chi connectivity index (χ1n) is 15.9. The topological polar surface area (TPSA) is 84.5 Å². The van der Waals surface area contributed by atoms with Crippen molar-refractivity contribution in [1.82, 2.24) is 9.13 Å². The molecule has 0 saturated carbocycles. The summed E-state index contributed by atoms with van der Waals surface area (Å²) < 4.78 is 4.02. The van der Waals surface area contributed by atoms with Crippen molar-refractivity contribution in [3.63, 3.8) is 0 Å². The molecule has 2 N–H and O–H groups in total. The minimum absolute atomic E-state index is 0.107. The van der Waals surface area contributed by atoms with E-state index in [2.05, 4.69) is 39.8 Å². The van der Waals surface area contributed by atoms with Gasteiger partial charge in [0.15, 0.2) is 10.9 Å². The summed E-state index contributed by atoms with van der Waals surface area (Å²) in [5, 5.41) is 22.3. The maximum Gasteiger partial charge on any atom is 0.197 e.